The van der Waals surface area contributed by atoms with E-state index in [1.165, 1.54) is 35.7 Å². The molecule has 2 heterocycles. The van der Waals surface area contributed by atoms with Gasteiger partial charge < -0.3 is 8.84 Å². The Hall–Kier alpha value is -0.263. The van der Waals surface area contributed by atoms with Crippen LogP contribution in [0.4, 0.5) is 0 Å². The molecule has 0 N–H and O–H groups in total. The van der Waals surface area contributed by atoms with Gasteiger partial charge in [-0.25, -0.2) is 0 Å². The van der Waals surface area contributed by atoms with Gasteiger partial charge in [0.05, 0.1) is 22.4 Å². The van der Waals surface area contributed by atoms with Gasteiger partial charge in [-0.1, -0.05) is 41.5 Å². The van der Waals surface area contributed by atoms with Crippen LogP contribution in [0.3, 0.4) is 0 Å². The van der Waals surface area contributed by atoms with Crippen LogP contribution in [0.15, 0.2) is 34.8 Å². The molecule has 1 aliphatic heterocycles. The van der Waals surface area contributed by atoms with Gasteiger partial charge >= 0.3 is 0 Å². The lowest BCUT2D eigenvalue weighted by Crippen LogP contribution is -2.47. The van der Waals surface area contributed by atoms with Crippen molar-refractivity contribution in [2.75, 3.05) is 11.5 Å². The van der Waals surface area contributed by atoms with Gasteiger partial charge in [-0.2, -0.15) is 0 Å². The summed E-state index contributed by atoms with van der Waals surface area (Å²) >= 11 is 4.36. The summed E-state index contributed by atoms with van der Waals surface area (Å²) in [4.78, 5) is 0. The number of furan rings is 1. The minimum Gasteiger partial charge on any atom is -0.546 e. The first kappa shape index (κ1) is 22.4. The third-order valence-corrected chi connectivity index (χ3v) is 16.3. The molecule has 1 aliphatic carbocycles. The molecule has 1 saturated heterocycles. The molecule has 0 radical (unpaired) electrons. The van der Waals surface area contributed by atoms with E-state index >= 15 is 0 Å². The predicted molar refractivity (Wildman–Crippen MR) is 128 cm³/mol. The summed E-state index contributed by atoms with van der Waals surface area (Å²) in [6, 6.07) is 2.14. The van der Waals surface area contributed by atoms with Crippen LogP contribution < -0.4 is 0 Å². The number of rotatable bonds is 8. The molecule has 0 amide bonds. The Kier molecular flexibility index (Phi) is 7.41. The van der Waals surface area contributed by atoms with E-state index in [0.717, 1.165) is 12.8 Å². The fourth-order valence-electron chi connectivity index (χ4n) is 5.42. The van der Waals surface area contributed by atoms with Crippen LogP contribution in [0, 0.1) is 5.92 Å². The highest BCUT2D eigenvalue weighted by Crippen LogP contribution is 2.54. The maximum atomic E-state index is 7.05. The Morgan fingerprint density at radius 3 is 2.29 bits per heavy atom. The molecule has 0 spiro atoms. The van der Waals surface area contributed by atoms with Crippen molar-refractivity contribution in [1.82, 2.24) is 0 Å². The topological polar surface area (TPSA) is 22.4 Å². The molecular weight excluding hydrogens is 400 g/mol. The Bertz CT molecular complexity index is 624. The molecule has 1 fully saturated rings. The smallest absolute Gasteiger partial charge is 0.258 e. The minimum atomic E-state index is -1.86. The second kappa shape index (κ2) is 9.26. The van der Waals surface area contributed by atoms with Gasteiger partial charge in [0, 0.05) is 12.3 Å². The SMILES string of the molecule is CC(C)[Si](OC1=C[C@H](C2(Cc3ccoc3)SCCCS2)CC1)(C(C)C)C(C)C. The van der Waals surface area contributed by atoms with Gasteiger partial charge in [-0.3, -0.25) is 0 Å². The molecule has 1 aromatic heterocycles. The van der Waals surface area contributed by atoms with Crippen LogP contribution in [0.5, 0.6) is 0 Å². The molecule has 5 heteroatoms. The van der Waals surface area contributed by atoms with E-state index in [4.69, 9.17) is 8.84 Å². The molecule has 28 heavy (non-hydrogen) atoms. The normalized spacial score (nSPS) is 22.9. The second-order valence-corrected chi connectivity index (χ2v) is 17.9. The number of hydrogen-bond donors (Lipinski definition) is 0. The average molecular weight is 439 g/mol. The lowest BCUT2D eigenvalue weighted by molar-refractivity contribution is 0.360. The standard InChI is InChI=1S/C23H38O2S2Si/c1-17(2)28(18(3)4,19(5)6)25-22-9-8-21(14-22)23(26-12-7-13-27-23)15-20-10-11-24-16-20/h10-11,14,16-19,21H,7-9,12-13,15H2,1-6H3/t21-/m1/s1. The summed E-state index contributed by atoms with van der Waals surface area (Å²) in [6.07, 6.45) is 11.0. The first-order chi connectivity index (χ1) is 13.3. The largest absolute Gasteiger partial charge is 0.546 e. The Labute approximate surface area is 181 Å². The Balaban J connectivity index is 1.83. The fraction of sp³-hybridized carbons (Fsp3) is 0.739. The summed E-state index contributed by atoms with van der Waals surface area (Å²) in [6.45, 7) is 14.3. The van der Waals surface area contributed by atoms with Crippen molar-refractivity contribution in [3.05, 3.63) is 36.0 Å². The monoisotopic (exact) mass is 438 g/mol. The molecular formula is C23H38O2S2Si. The van der Waals surface area contributed by atoms with E-state index in [1.54, 1.807) is 0 Å². The van der Waals surface area contributed by atoms with Gasteiger partial charge in [0.2, 0.25) is 0 Å². The van der Waals surface area contributed by atoms with Crippen molar-refractivity contribution in [1.29, 1.82) is 0 Å². The highest BCUT2D eigenvalue weighted by molar-refractivity contribution is 8.18. The fourth-order valence-corrected chi connectivity index (χ4v) is 14.4. The third-order valence-electron chi connectivity index (χ3n) is 6.68. The zero-order valence-corrected chi connectivity index (χ0v) is 21.1. The van der Waals surface area contributed by atoms with Crippen molar-refractivity contribution in [3.63, 3.8) is 0 Å². The summed E-state index contributed by atoms with van der Waals surface area (Å²) < 4.78 is 12.7. The highest BCUT2D eigenvalue weighted by Gasteiger charge is 2.49. The highest BCUT2D eigenvalue weighted by atomic mass is 32.2. The van der Waals surface area contributed by atoms with Crippen molar-refractivity contribution in [2.24, 2.45) is 5.92 Å². The van der Waals surface area contributed by atoms with Gasteiger partial charge in [0.1, 0.15) is 0 Å². The average Bonchev–Trinajstić information content (AvgIpc) is 3.31. The van der Waals surface area contributed by atoms with E-state index < -0.39 is 8.32 Å². The first-order valence-corrected chi connectivity index (χ1v) is 15.1. The van der Waals surface area contributed by atoms with Gasteiger partial charge in [-0.15, -0.1) is 23.5 Å². The molecule has 158 valence electrons. The molecule has 1 aromatic rings. The van der Waals surface area contributed by atoms with Gasteiger partial charge in [0.15, 0.2) is 0 Å². The summed E-state index contributed by atoms with van der Waals surface area (Å²) in [7, 11) is -1.86. The second-order valence-electron chi connectivity index (χ2n) is 9.37. The maximum absolute atomic E-state index is 7.05. The first-order valence-electron chi connectivity index (χ1n) is 11.0. The Morgan fingerprint density at radius 2 is 1.75 bits per heavy atom. The summed E-state index contributed by atoms with van der Waals surface area (Å²) in [5.74, 6) is 4.43. The third kappa shape index (κ3) is 4.41. The molecule has 2 nitrogen and oxygen atoms in total. The van der Waals surface area contributed by atoms with Crippen LogP contribution in [-0.4, -0.2) is 23.9 Å². The lowest BCUT2D eigenvalue weighted by atomic mass is 9.99. The minimum absolute atomic E-state index is 0.241. The van der Waals surface area contributed by atoms with Crippen LogP contribution in [-0.2, 0) is 10.8 Å². The number of hydrogen-bond acceptors (Lipinski definition) is 4. The Morgan fingerprint density at radius 1 is 1.11 bits per heavy atom. The zero-order valence-electron chi connectivity index (χ0n) is 18.5. The quantitative estimate of drug-likeness (QED) is 0.385. The summed E-state index contributed by atoms with van der Waals surface area (Å²) in [5.41, 5.74) is 3.22. The molecule has 1 atom stereocenters. The van der Waals surface area contributed by atoms with Crippen molar-refractivity contribution < 1.29 is 8.84 Å². The molecule has 0 aromatic carbocycles. The van der Waals surface area contributed by atoms with Crippen molar-refractivity contribution in [2.45, 2.75) is 87.9 Å². The van der Waals surface area contributed by atoms with Crippen molar-refractivity contribution >= 4 is 31.8 Å². The molecule has 0 bridgehead atoms. The van der Waals surface area contributed by atoms with E-state index in [9.17, 15) is 0 Å². The number of thioether (sulfide) groups is 2. The van der Waals surface area contributed by atoms with E-state index in [0.29, 0.717) is 22.5 Å². The van der Waals surface area contributed by atoms with E-state index in [1.807, 2.05) is 12.5 Å². The zero-order chi connectivity index (χ0) is 20.4. The predicted octanol–water partition coefficient (Wildman–Crippen LogP) is 7.87. The van der Waals surface area contributed by atoms with Crippen LogP contribution in [0.1, 0.15) is 66.4 Å². The molecule has 0 unspecified atom stereocenters. The molecule has 2 aliphatic rings. The number of allylic oxidation sites excluding steroid dienone is 2. The van der Waals surface area contributed by atoms with Crippen LogP contribution >= 0.6 is 23.5 Å². The van der Waals surface area contributed by atoms with Crippen LogP contribution in [0.2, 0.25) is 16.6 Å². The van der Waals surface area contributed by atoms with Gasteiger partial charge in [-0.05, 0) is 65.1 Å². The van der Waals surface area contributed by atoms with E-state index in [2.05, 4.69) is 77.2 Å². The molecule has 3 rings (SSSR count). The van der Waals surface area contributed by atoms with Crippen LogP contribution in [0.25, 0.3) is 0 Å². The van der Waals surface area contributed by atoms with Crippen molar-refractivity contribution in [3.8, 4) is 0 Å². The van der Waals surface area contributed by atoms with E-state index in [-0.39, 0.29) is 4.08 Å². The maximum Gasteiger partial charge on any atom is 0.258 e. The van der Waals surface area contributed by atoms with Gasteiger partial charge in [0.25, 0.3) is 8.32 Å². The summed E-state index contributed by atoms with van der Waals surface area (Å²) in [5, 5.41) is 0. The lowest BCUT2D eigenvalue weighted by Gasteiger charge is -2.42. The molecule has 0 saturated carbocycles.